The number of anilines is 1. The van der Waals surface area contributed by atoms with Gasteiger partial charge in [0, 0.05) is 23.8 Å². The molecule has 0 fully saturated rings. The lowest BCUT2D eigenvalue weighted by Gasteiger charge is -2.08. The van der Waals surface area contributed by atoms with Gasteiger partial charge in [-0.3, -0.25) is 4.98 Å². The van der Waals surface area contributed by atoms with E-state index in [0.29, 0.717) is 5.02 Å². The Morgan fingerprint density at radius 1 is 1.40 bits per heavy atom. The first kappa shape index (κ1) is 10.2. The predicted molar refractivity (Wildman–Crippen MR) is 65.7 cm³/mol. The Bertz CT molecular complexity index is 494. The second-order valence-corrected chi connectivity index (χ2v) is 3.81. The number of pyridine rings is 1. The fourth-order valence-electron chi connectivity index (χ4n) is 1.65. The topological polar surface area (TPSA) is 24.9 Å². The van der Waals surface area contributed by atoms with Gasteiger partial charge in [-0.15, -0.1) is 0 Å². The maximum absolute atomic E-state index is 6.12. The third-order valence-electron chi connectivity index (χ3n) is 2.47. The van der Waals surface area contributed by atoms with Gasteiger partial charge < -0.3 is 5.32 Å². The summed E-state index contributed by atoms with van der Waals surface area (Å²) < 4.78 is 0. The average molecular weight is 221 g/mol. The predicted octanol–water partition coefficient (Wildman–Crippen LogP) is 3.49. The summed E-state index contributed by atoms with van der Waals surface area (Å²) in [4.78, 5) is 4.53. The quantitative estimate of drug-likeness (QED) is 0.838. The lowest BCUT2D eigenvalue weighted by Crippen LogP contribution is -1.95. The molecule has 15 heavy (non-hydrogen) atoms. The summed E-state index contributed by atoms with van der Waals surface area (Å²) in [5.74, 6) is 0. The lowest BCUT2D eigenvalue weighted by atomic mass is 10.1. The zero-order valence-electron chi connectivity index (χ0n) is 8.84. The summed E-state index contributed by atoms with van der Waals surface area (Å²) in [7, 11) is 1.91. The number of para-hydroxylation sites is 1. The van der Waals surface area contributed by atoms with Gasteiger partial charge in [-0.2, -0.15) is 0 Å². The third-order valence-corrected chi connectivity index (χ3v) is 2.78. The van der Waals surface area contributed by atoms with E-state index in [0.717, 1.165) is 28.7 Å². The monoisotopic (exact) mass is 220 g/mol. The van der Waals surface area contributed by atoms with Crippen LogP contribution in [0.25, 0.3) is 10.9 Å². The molecule has 2 nitrogen and oxygen atoms in total. The molecule has 1 aromatic carbocycles. The first-order valence-electron chi connectivity index (χ1n) is 5.02. The van der Waals surface area contributed by atoms with E-state index < -0.39 is 0 Å². The fourth-order valence-corrected chi connectivity index (χ4v) is 1.87. The highest BCUT2D eigenvalue weighted by molar-refractivity contribution is 6.35. The molecular formula is C12H13ClN2. The van der Waals surface area contributed by atoms with Crippen molar-refractivity contribution in [1.29, 1.82) is 0 Å². The van der Waals surface area contributed by atoms with Crippen molar-refractivity contribution in [3.05, 3.63) is 35.0 Å². The van der Waals surface area contributed by atoms with Crippen LogP contribution in [0.15, 0.2) is 24.3 Å². The van der Waals surface area contributed by atoms with Crippen molar-refractivity contribution >= 4 is 28.2 Å². The Morgan fingerprint density at radius 2 is 2.20 bits per heavy atom. The number of rotatable bonds is 2. The molecule has 0 bridgehead atoms. The van der Waals surface area contributed by atoms with Crippen LogP contribution in [-0.2, 0) is 6.42 Å². The normalized spacial score (nSPS) is 10.6. The first-order chi connectivity index (χ1) is 7.26. The molecule has 1 N–H and O–H groups in total. The fraction of sp³-hybridized carbons (Fsp3) is 0.250. The summed E-state index contributed by atoms with van der Waals surface area (Å²) in [6, 6.07) is 7.91. The molecule has 0 aliphatic carbocycles. The summed E-state index contributed by atoms with van der Waals surface area (Å²) in [6.07, 6.45) is 0.913. The molecule has 0 aliphatic rings. The van der Waals surface area contributed by atoms with Crippen molar-refractivity contribution in [3.8, 4) is 0 Å². The summed E-state index contributed by atoms with van der Waals surface area (Å²) in [5, 5.41) is 4.95. The molecule has 1 aromatic heterocycles. The number of hydrogen-bond donors (Lipinski definition) is 1. The third kappa shape index (κ3) is 1.77. The minimum Gasteiger partial charge on any atom is -0.388 e. The second kappa shape index (κ2) is 4.07. The van der Waals surface area contributed by atoms with E-state index in [1.165, 1.54) is 0 Å². The van der Waals surface area contributed by atoms with Gasteiger partial charge in [-0.05, 0) is 18.6 Å². The summed E-state index contributed by atoms with van der Waals surface area (Å²) >= 11 is 6.12. The molecule has 0 spiro atoms. The Kier molecular flexibility index (Phi) is 2.78. The van der Waals surface area contributed by atoms with Crippen molar-refractivity contribution in [3.63, 3.8) is 0 Å². The Balaban J connectivity index is 2.80. The lowest BCUT2D eigenvalue weighted by molar-refractivity contribution is 1.06. The highest BCUT2D eigenvalue weighted by Gasteiger charge is 2.06. The maximum atomic E-state index is 6.12. The van der Waals surface area contributed by atoms with E-state index in [4.69, 9.17) is 11.6 Å². The molecule has 3 heteroatoms. The van der Waals surface area contributed by atoms with Crippen molar-refractivity contribution in [2.75, 3.05) is 12.4 Å². The molecular weight excluding hydrogens is 208 g/mol. The molecule has 1 heterocycles. The Hall–Kier alpha value is -1.28. The van der Waals surface area contributed by atoms with Crippen LogP contribution >= 0.6 is 11.6 Å². The standard InChI is InChI=1S/C12H13ClN2/c1-3-8-7-11(14-2)9-5-4-6-10(13)12(9)15-8/h4-7H,3H2,1-2H3,(H,14,15). The number of hydrogen-bond acceptors (Lipinski definition) is 2. The minimum atomic E-state index is 0.708. The van der Waals surface area contributed by atoms with E-state index in [2.05, 4.69) is 23.3 Å². The van der Waals surface area contributed by atoms with Crippen LogP contribution in [0.4, 0.5) is 5.69 Å². The van der Waals surface area contributed by atoms with E-state index >= 15 is 0 Å². The SMILES string of the molecule is CCc1cc(NC)c2cccc(Cl)c2n1. The minimum absolute atomic E-state index is 0.708. The first-order valence-corrected chi connectivity index (χ1v) is 5.40. The van der Waals surface area contributed by atoms with Gasteiger partial charge in [0.15, 0.2) is 0 Å². The van der Waals surface area contributed by atoms with Crippen molar-refractivity contribution in [2.45, 2.75) is 13.3 Å². The smallest absolute Gasteiger partial charge is 0.0912 e. The second-order valence-electron chi connectivity index (χ2n) is 3.40. The van der Waals surface area contributed by atoms with Crippen LogP contribution in [0.5, 0.6) is 0 Å². The van der Waals surface area contributed by atoms with Crippen LogP contribution in [0.2, 0.25) is 5.02 Å². The number of nitrogens with zero attached hydrogens (tertiary/aromatic N) is 1. The number of aromatic nitrogens is 1. The number of nitrogens with one attached hydrogen (secondary N) is 1. The summed E-state index contributed by atoms with van der Waals surface area (Å²) in [5.41, 5.74) is 3.02. The summed E-state index contributed by atoms with van der Waals surface area (Å²) in [6.45, 7) is 2.09. The number of aryl methyl sites for hydroxylation is 1. The molecule has 0 saturated heterocycles. The number of fused-ring (bicyclic) bond motifs is 1. The van der Waals surface area contributed by atoms with Crippen LogP contribution in [0, 0.1) is 0 Å². The van der Waals surface area contributed by atoms with E-state index in [9.17, 15) is 0 Å². The van der Waals surface area contributed by atoms with E-state index in [-0.39, 0.29) is 0 Å². The molecule has 0 amide bonds. The Labute approximate surface area is 94.3 Å². The largest absolute Gasteiger partial charge is 0.388 e. The van der Waals surface area contributed by atoms with Crippen LogP contribution in [0.1, 0.15) is 12.6 Å². The van der Waals surface area contributed by atoms with Gasteiger partial charge in [0.05, 0.1) is 10.5 Å². The maximum Gasteiger partial charge on any atom is 0.0912 e. The van der Waals surface area contributed by atoms with E-state index in [1.807, 2.05) is 25.2 Å². The molecule has 78 valence electrons. The average Bonchev–Trinajstić information content (AvgIpc) is 2.28. The van der Waals surface area contributed by atoms with Gasteiger partial charge in [0.2, 0.25) is 0 Å². The van der Waals surface area contributed by atoms with Crippen LogP contribution in [-0.4, -0.2) is 12.0 Å². The highest BCUT2D eigenvalue weighted by atomic mass is 35.5. The molecule has 0 saturated carbocycles. The van der Waals surface area contributed by atoms with E-state index in [1.54, 1.807) is 0 Å². The zero-order valence-corrected chi connectivity index (χ0v) is 9.60. The zero-order chi connectivity index (χ0) is 10.8. The number of halogens is 1. The highest BCUT2D eigenvalue weighted by Crippen LogP contribution is 2.28. The van der Waals surface area contributed by atoms with Crippen molar-refractivity contribution in [1.82, 2.24) is 4.98 Å². The molecule has 2 rings (SSSR count). The van der Waals surface area contributed by atoms with Gasteiger partial charge in [0.25, 0.3) is 0 Å². The Morgan fingerprint density at radius 3 is 2.87 bits per heavy atom. The molecule has 0 atom stereocenters. The van der Waals surface area contributed by atoms with Crippen LogP contribution < -0.4 is 5.32 Å². The van der Waals surface area contributed by atoms with Crippen molar-refractivity contribution in [2.24, 2.45) is 0 Å². The van der Waals surface area contributed by atoms with Gasteiger partial charge in [-0.25, -0.2) is 0 Å². The van der Waals surface area contributed by atoms with Gasteiger partial charge in [0.1, 0.15) is 0 Å². The number of benzene rings is 1. The van der Waals surface area contributed by atoms with Gasteiger partial charge >= 0.3 is 0 Å². The molecule has 2 aromatic rings. The molecule has 0 radical (unpaired) electrons. The van der Waals surface area contributed by atoms with Gasteiger partial charge in [-0.1, -0.05) is 30.7 Å². The molecule has 0 aliphatic heterocycles. The van der Waals surface area contributed by atoms with Crippen LogP contribution in [0.3, 0.4) is 0 Å². The van der Waals surface area contributed by atoms with Crippen molar-refractivity contribution < 1.29 is 0 Å². The molecule has 0 unspecified atom stereocenters.